The van der Waals surface area contributed by atoms with Crippen LogP contribution in [-0.4, -0.2) is 41.9 Å². The van der Waals surface area contributed by atoms with E-state index in [9.17, 15) is 27.2 Å². The number of nitrogens with zero attached hydrogens (tertiary/aromatic N) is 2. The Balaban J connectivity index is 1.76. The molecule has 0 radical (unpaired) electrons. The Labute approximate surface area is 195 Å². The predicted octanol–water partition coefficient (Wildman–Crippen LogP) is 3.76. The average Bonchev–Trinajstić information content (AvgIpc) is 2.84. The van der Waals surface area contributed by atoms with Gasteiger partial charge in [-0.1, -0.05) is 6.07 Å². The second-order valence-corrected chi connectivity index (χ2v) is 7.42. The number of benzene rings is 1. The number of hydrogen-bond acceptors (Lipinski definition) is 7. The molecule has 0 bridgehead atoms. The van der Waals surface area contributed by atoms with Gasteiger partial charge in [0.1, 0.15) is 22.7 Å². The number of carbonyl (C=O) groups is 2. The molecule has 1 atom stereocenters. The second-order valence-electron chi connectivity index (χ2n) is 7.42. The topological polar surface area (TPSA) is 99.6 Å². The van der Waals surface area contributed by atoms with E-state index in [4.69, 9.17) is 4.74 Å². The van der Waals surface area contributed by atoms with Crippen molar-refractivity contribution in [2.24, 2.45) is 0 Å². The molecule has 3 heterocycles. The lowest BCUT2D eigenvalue weighted by Gasteiger charge is -2.39. The van der Waals surface area contributed by atoms with Gasteiger partial charge in [-0.05, 0) is 42.0 Å². The summed E-state index contributed by atoms with van der Waals surface area (Å²) in [7, 11) is 1.20. The number of nitrogens with one attached hydrogen (secondary N) is 1. The summed E-state index contributed by atoms with van der Waals surface area (Å²) in [5, 5.41) is 2.79. The first-order valence-electron chi connectivity index (χ1n) is 10.1. The van der Waals surface area contributed by atoms with Gasteiger partial charge in [-0.15, -0.1) is 13.2 Å². The van der Waals surface area contributed by atoms with Crippen molar-refractivity contribution >= 4 is 11.9 Å². The smallest absolute Gasteiger partial charge is 0.491 e. The van der Waals surface area contributed by atoms with E-state index in [1.165, 1.54) is 31.5 Å². The summed E-state index contributed by atoms with van der Waals surface area (Å²) < 4.78 is 66.4. The standard InChI is InChI=1S/C23H17F4N3O5/c1-33-21(32)13-4-6-16(29-12-13)20(31)30-22(8-10-34-18-3-2-9-28-19(18)22)14-5-7-17(15(24)11-14)35-23(25,26)27/h2-7,9,11-12H,8,10H2,1H3,(H,30,31). The molecule has 1 aromatic carbocycles. The molecule has 182 valence electrons. The van der Waals surface area contributed by atoms with E-state index in [-0.39, 0.29) is 35.5 Å². The Hall–Kier alpha value is -4.22. The number of amides is 1. The normalized spacial score (nSPS) is 17.1. The Morgan fingerprint density at radius 1 is 1.14 bits per heavy atom. The molecule has 0 saturated heterocycles. The minimum absolute atomic E-state index is 0.0708. The van der Waals surface area contributed by atoms with Gasteiger partial charge in [0.05, 0.1) is 19.3 Å². The lowest BCUT2D eigenvalue weighted by molar-refractivity contribution is -0.275. The maximum Gasteiger partial charge on any atom is 0.573 e. The number of esters is 1. The number of hydrogen-bond donors (Lipinski definition) is 1. The molecule has 0 saturated carbocycles. The molecule has 0 spiro atoms. The first-order chi connectivity index (χ1) is 16.6. The van der Waals surface area contributed by atoms with E-state index in [2.05, 4.69) is 24.8 Å². The minimum Gasteiger partial charge on any atom is -0.491 e. The van der Waals surface area contributed by atoms with E-state index in [1.54, 1.807) is 12.1 Å². The fourth-order valence-electron chi connectivity index (χ4n) is 3.73. The van der Waals surface area contributed by atoms with Gasteiger partial charge in [-0.3, -0.25) is 14.8 Å². The highest BCUT2D eigenvalue weighted by atomic mass is 19.4. The van der Waals surface area contributed by atoms with Crippen molar-refractivity contribution in [3.63, 3.8) is 0 Å². The van der Waals surface area contributed by atoms with E-state index in [0.717, 1.165) is 18.3 Å². The van der Waals surface area contributed by atoms with Crippen LogP contribution in [0, 0.1) is 5.82 Å². The maximum absolute atomic E-state index is 14.6. The molecule has 1 N–H and O–H groups in total. The number of halogens is 4. The van der Waals surface area contributed by atoms with Gasteiger partial charge in [-0.25, -0.2) is 9.18 Å². The SMILES string of the molecule is COC(=O)c1ccc(C(=O)NC2(c3ccc(OC(F)(F)F)c(F)c3)CCOc3cccnc32)nc1. The van der Waals surface area contributed by atoms with Gasteiger partial charge in [0, 0.05) is 18.8 Å². The molecule has 1 amide bonds. The Morgan fingerprint density at radius 3 is 2.60 bits per heavy atom. The number of carbonyl (C=O) groups excluding carboxylic acids is 2. The summed E-state index contributed by atoms with van der Waals surface area (Å²) >= 11 is 0. The van der Waals surface area contributed by atoms with Crippen LogP contribution in [0.1, 0.15) is 38.5 Å². The third kappa shape index (κ3) is 4.86. The zero-order valence-electron chi connectivity index (χ0n) is 18.1. The van der Waals surface area contributed by atoms with E-state index >= 15 is 0 Å². The highest BCUT2D eigenvalue weighted by Crippen LogP contribution is 2.42. The Kier molecular flexibility index (Phi) is 6.29. The summed E-state index contributed by atoms with van der Waals surface area (Å²) in [5.74, 6) is -3.32. The zero-order valence-corrected chi connectivity index (χ0v) is 18.1. The van der Waals surface area contributed by atoms with Gasteiger partial charge < -0.3 is 19.5 Å². The minimum atomic E-state index is -5.08. The highest BCUT2D eigenvalue weighted by molar-refractivity contribution is 5.95. The van der Waals surface area contributed by atoms with Crippen molar-refractivity contribution in [1.29, 1.82) is 0 Å². The van der Waals surface area contributed by atoms with Crippen LogP contribution in [0.3, 0.4) is 0 Å². The van der Waals surface area contributed by atoms with Gasteiger partial charge in [0.25, 0.3) is 5.91 Å². The molecule has 12 heteroatoms. The first kappa shape index (κ1) is 23.9. The van der Waals surface area contributed by atoms with Crippen molar-refractivity contribution in [1.82, 2.24) is 15.3 Å². The molecule has 1 aliphatic rings. The average molecular weight is 491 g/mol. The molecule has 0 fully saturated rings. The number of alkyl halides is 3. The molecule has 1 aliphatic heterocycles. The van der Waals surface area contributed by atoms with Gasteiger partial charge >= 0.3 is 12.3 Å². The Morgan fingerprint density at radius 2 is 1.94 bits per heavy atom. The number of aromatic nitrogens is 2. The summed E-state index contributed by atoms with van der Waals surface area (Å²) in [4.78, 5) is 33.1. The van der Waals surface area contributed by atoms with E-state index < -0.39 is 35.3 Å². The van der Waals surface area contributed by atoms with Gasteiger partial charge in [0.2, 0.25) is 0 Å². The summed E-state index contributed by atoms with van der Waals surface area (Å²) in [6.07, 6.45) is -2.40. The van der Waals surface area contributed by atoms with Crippen LogP contribution in [-0.2, 0) is 10.3 Å². The van der Waals surface area contributed by atoms with Crippen LogP contribution in [0.5, 0.6) is 11.5 Å². The van der Waals surface area contributed by atoms with Crippen LogP contribution in [0.15, 0.2) is 54.9 Å². The van der Waals surface area contributed by atoms with Crippen molar-refractivity contribution in [3.05, 3.63) is 83.2 Å². The maximum atomic E-state index is 14.6. The molecular weight excluding hydrogens is 474 g/mol. The van der Waals surface area contributed by atoms with Gasteiger partial charge in [-0.2, -0.15) is 0 Å². The fraction of sp³-hybridized carbons (Fsp3) is 0.217. The molecule has 4 rings (SSSR count). The number of methoxy groups -OCH3 is 1. The van der Waals surface area contributed by atoms with E-state index in [0.29, 0.717) is 5.75 Å². The summed E-state index contributed by atoms with van der Waals surface area (Å²) in [6, 6.07) is 8.73. The largest absolute Gasteiger partial charge is 0.573 e. The van der Waals surface area contributed by atoms with Crippen molar-refractivity contribution in [3.8, 4) is 11.5 Å². The third-order valence-corrected chi connectivity index (χ3v) is 5.30. The van der Waals surface area contributed by atoms with E-state index in [1.807, 2.05) is 0 Å². The molecule has 0 aliphatic carbocycles. The quantitative estimate of drug-likeness (QED) is 0.429. The number of fused-ring (bicyclic) bond motifs is 1. The molecule has 1 unspecified atom stereocenters. The summed E-state index contributed by atoms with van der Waals surface area (Å²) in [5.41, 5.74) is -1.06. The van der Waals surface area contributed by atoms with Crippen molar-refractivity contribution in [2.45, 2.75) is 18.3 Å². The number of ether oxygens (including phenoxy) is 3. The highest BCUT2D eigenvalue weighted by Gasteiger charge is 2.43. The third-order valence-electron chi connectivity index (χ3n) is 5.30. The summed E-state index contributed by atoms with van der Waals surface area (Å²) in [6.45, 7) is 0.0934. The van der Waals surface area contributed by atoms with Crippen LogP contribution in [0.4, 0.5) is 17.6 Å². The molecule has 2 aromatic heterocycles. The van der Waals surface area contributed by atoms with Crippen LogP contribution in [0.25, 0.3) is 0 Å². The molecule has 8 nitrogen and oxygen atoms in total. The molecule has 3 aromatic rings. The lowest BCUT2D eigenvalue weighted by Crippen LogP contribution is -2.50. The second kappa shape index (κ2) is 9.20. The first-order valence-corrected chi connectivity index (χ1v) is 10.1. The zero-order chi connectivity index (χ0) is 25.2. The van der Waals surface area contributed by atoms with Crippen LogP contribution >= 0.6 is 0 Å². The predicted molar refractivity (Wildman–Crippen MR) is 111 cm³/mol. The number of rotatable bonds is 5. The molecular formula is C23H17F4N3O5. The molecule has 35 heavy (non-hydrogen) atoms. The fourth-order valence-corrected chi connectivity index (χ4v) is 3.73. The van der Waals surface area contributed by atoms with Crippen LogP contribution in [0.2, 0.25) is 0 Å². The van der Waals surface area contributed by atoms with Crippen molar-refractivity contribution < 1.29 is 41.4 Å². The number of pyridine rings is 2. The monoisotopic (exact) mass is 491 g/mol. The van der Waals surface area contributed by atoms with Crippen molar-refractivity contribution in [2.75, 3.05) is 13.7 Å². The van der Waals surface area contributed by atoms with Crippen LogP contribution < -0.4 is 14.8 Å². The Bertz CT molecular complexity index is 1270. The lowest BCUT2D eigenvalue weighted by atomic mass is 9.81. The van der Waals surface area contributed by atoms with Gasteiger partial charge in [0.15, 0.2) is 11.6 Å².